The molecule has 0 saturated heterocycles. The zero-order valence-corrected chi connectivity index (χ0v) is 18.5. The van der Waals surface area contributed by atoms with Crippen molar-refractivity contribution in [2.75, 3.05) is 0 Å². The number of benzene rings is 2. The van der Waals surface area contributed by atoms with Gasteiger partial charge in [0.05, 0.1) is 5.69 Å². The maximum Gasteiger partial charge on any atom is 0.227 e. The van der Waals surface area contributed by atoms with E-state index >= 15 is 0 Å². The van der Waals surface area contributed by atoms with Gasteiger partial charge in [-0.25, -0.2) is 4.98 Å². The lowest BCUT2D eigenvalue weighted by Crippen LogP contribution is -2.16. The highest BCUT2D eigenvalue weighted by atomic mass is 35.5. The zero-order chi connectivity index (χ0) is 21.5. The van der Waals surface area contributed by atoms with Gasteiger partial charge in [-0.05, 0) is 36.8 Å². The first-order valence-electron chi connectivity index (χ1n) is 9.69. The molecule has 3 nitrogen and oxygen atoms in total. The molecule has 0 atom stereocenters. The third-order valence-corrected chi connectivity index (χ3v) is 5.83. The minimum Gasteiger partial charge on any atom is -0.442 e. The van der Waals surface area contributed by atoms with E-state index in [9.17, 15) is 4.79 Å². The fraction of sp³-hybridized carbons (Fsp3) is 0.200. The quantitative estimate of drug-likeness (QED) is 0.302. The first-order valence-corrected chi connectivity index (χ1v) is 10.4. The van der Waals surface area contributed by atoms with Crippen LogP contribution in [0.25, 0.3) is 33.5 Å². The predicted molar refractivity (Wildman–Crippen MR) is 123 cm³/mol. The minimum absolute atomic E-state index is 0.510. The number of aromatic nitrogens is 1. The summed E-state index contributed by atoms with van der Waals surface area (Å²) in [5, 5.41) is 2.21. The van der Waals surface area contributed by atoms with E-state index in [1.807, 2.05) is 69.3 Å². The van der Waals surface area contributed by atoms with Gasteiger partial charge in [0.25, 0.3) is 0 Å². The Kier molecular flexibility index (Phi) is 5.44. The van der Waals surface area contributed by atoms with Gasteiger partial charge in [0, 0.05) is 44.0 Å². The Bertz CT molecular complexity index is 1240. The number of halogens is 2. The number of rotatable bonds is 5. The fourth-order valence-electron chi connectivity index (χ4n) is 3.52. The molecule has 0 spiro atoms. The number of aryl methyl sites for hydroxylation is 1. The van der Waals surface area contributed by atoms with Crippen molar-refractivity contribution >= 4 is 40.6 Å². The van der Waals surface area contributed by atoms with Crippen LogP contribution < -0.4 is 0 Å². The SMILES string of the molecule is Cc1c(CC(C)(C)C=O)oc2nc(-c3ccccc3Cl)c(-c3ccc(Cl)cc3)cc12. The van der Waals surface area contributed by atoms with Crippen LogP contribution in [0.1, 0.15) is 25.2 Å². The summed E-state index contributed by atoms with van der Waals surface area (Å²) in [6, 6.07) is 17.4. The van der Waals surface area contributed by atoms with Crippen LogP contribution in [0.4, 0.5) is 0 Å². The van der Waals surface area contributed by atoms with Gasteiger partial charge in [0.2, 0.25) is 5.71 Å². The first-order chi connectivity index (χ1) is 14.3. The van der Waals surface area contributed by atoms with E-state index in [1.54, 1.807) is 0 Å². The number of aldehydes is 1. The molecule has 0 aliphatic carbocycles. The molecular formula is C25H21Cl2NO2. The van der Waals surface area contributed by atoms with Crippen LogP contribution in [-0.4, -0.2) is 11.3 Å². The number of carbonyl (C=O) groups is 1. The van der Waals surface area contributed by atoms with Gasteiger partial charge < -0.3 is 9.21 Å². The summed E-state index contributed by atoms with van der Waals surface area (Å²) < 4.78 is 6.11. The summed E-state index contributed by atoms with van der Waals surface area (Å²) in [4.78, 5) is 16.3. The summed E-state index contributed by atoms with van der Waals surface area (Å²) >= 11 is 12.6. The number of hydrogen-bond acceptors (Lipinski definition) is 3. The molecule has 0 N–H and O–H groups in total. The van der Waals surface area contributed by atoms with Crippen LogP contribution in [0.15, 0.2) is 59.0 Å². The third kappa shape index (κ3) is 3.88. The first kappa shape index (κ1) is 20.6. The van der Waals surface area contributed by atoms with E-state index in [0.717, 1.165) is 45.4 Å². The topological polar surface area (TPSA) is 43.1 Å². The van der Waals surface area contributed by atoms with Crippen molar-refractivity contribution in [2.45, 2.75) is 27.2 Å². The Morgan fingerprint density at radius 1 is 1.03 bits per heavy atom. The lowest BCUT2D eigenvalue weighted by molar-refractivity contribution is -0.114. The Balaban J connectivity index is 1.98. The van der Waals surface area contributed by atoms with Gasteiger partial charge in [0.1, 0.15) is 12.0 Å². The largest absolute Gasteiger partial charge is 0.442 e. The van der Waals surface area contributed by atoms with E-state index in [1.165, 1.54) is 0 Å². The highest BCUT2D eigenvalue weighted by Gasteiger charge is 2.24. The van der Waals surface area contributed by atoms with Gasteiger partial charge in [-0.15, -0.1) is 0 Å². The summed E-state index contributed by atoms with van der Waals surface area (Å²) in [7, 11) is 0. The molecule has 0 bridgehead atoms. The van der Waals surface area contributed by atoms with Crippen molar-refractivity contribution in [3.05, 3.63) is 76.0 Å². The normalized spacial score (nSPS) is 11.8. The highest BCUT2D eigenvalue weighted by Crippen LogP contribution is 2.39. The number of fused-ring (bicyclic) bond motifs is 1. The number of hydrogen-bond donors (Lipinski definition) is 0. The second-order valence-electron chi connectivity index (χ2n) is 8.16. The lowest BCUT2D eigenvalue weighted by Gasteiger charge is -2.14. The van der Waals surface area contributed by atoms with Crippen LogP contribution in [0.3, 0.4) is 0 Å². The van der Waals surface area contributed by atoms with Crippen LogP contribution in [0.5, 0.6) is 0 Å². The molecule has 152 valence electrons. The standard InChI is InChI=1S/C25H21Cl2NO2/c1-15-19-12-20(16-8-10-17(26)11-9-16)23(18-6-4-5-7-21(18)27)28-24(19)30-22(15)13-25(2,3)14-29/h4-12,14H,13H2,1-3H3. The number of furan rings is 1. The van der Waals surface area contributed by atoms with Crippen LogP contribution in [0, 0.1) is 12.3 Å². The third-order valence-electron chi connectivity index (χ3n) is 5.25. The van der Waals surface area contributed by atoms with Crippen molar-refractivity contribution in [1.82, 2.24) is 4.98 Å². The van der Waals surface area contributed by atoms with Gasteiger partial charge in [-0.2, -0.15) is 0 Å². The van der Waals surface area contributed by atoms with Crippen molar-refractivity contribution in [2.24, 2.45) is 5.41 Å². The molecule has 0 unspecified atom stereocenters. The summed E-state index contributed by atoms with van der Waals surface area (Å²) in [6.45, 7) is 5.80. The maximum absolute atomic E-state index is 11.4. The molecule has 0 fully saturated rings. The molecule has 2 heterocycles. The zero-order valence-electron chi connectivity index (χ0n) is 17.0. The van der Waals surface area contributed by atoms with E-state index in [4.69, 9.17) is 32.6 Å². The molecule has 0 radical (unpaired) electrons. The van der Waals surface area contributed by atoms with Gasteiger partial charge in [-0.3, -0.25) is 0 Å². The molecule has 4 aromatic rings. The lowest BCUT2D eigenvalue weighted by atomic mass is 9.89. The van der Waals surface area contributed by atoms with Crippen LogP contribution in [-0.2, 0) is 11.2 Å². The van der Waals surface area contributed by atoms with E-state index in [2.05, 4.69) is 6.07 Å². The Morgan fingerprint density at radius 2 is 1.73 bits per heavy atom. The Hall–Kier alpha value is -2.62. The molecule has 2 aromatic carbocycles. The average Bonchev–Trinajstić information content (AvgIpc) is 3.02. The van der Waals surface area contributed by atoms with Crippen LogP contribution in [0.2, 0.25) is 10.0 Å². The van der Waals surface area contributed by atoms with Crippen molar-refractivity contribution in [3.8, 4) is 22.4 Å². The van der Waals surface area contributed by atoms with Gasteiger partial charge in [0.15, 0.2) is 0 Å². The van der Waals surface area contributed by atoms with Crippen molar-refractivity contribution < 1.29 is 9.21 Å². The molecular weight excluding hydrogens is 417 g/mol. The van der Waals surface area contributed by atoms with Crippen LogP contribution >= 0.6 is 23.2 Å². The average molecular weight is 438 g/mol. The summed E-state index contributed by atoms with van der Waals surface area (Å²) in [6.07, 6.45) is 1.47. The molecule has 0 aliphatic rings. The Morgan fingerprint density at radius 3 is 2.40 bits per heavy atom. The smallest absolute Gasteiger partial charge is 0.227 e. The monoisotopic (exact) mass is 437 g/mol. The van der Waals surface area contributed by atoms with Crippen molar-refractivity contribution in [1.29, 1.82) is 0 Å². The molecule has 0 saturated carbocycles. The van der Waals surface area contributed by atoms with Gasteiger partial charge >= 0.3 is 0 Å². The van der Waals surface area contributed by atoms with E-state index in [-0.39, 0.29) is 0 Å². The number of pyridine rings is 1. The van der Waals surface area contributed by atoms with Crippen molar-refractivity contribution in [3.63, 3.8) is 0 Å². The second kappa shape index (κ2) is 7.90. The highest BCUT2D eigenvalue weighted by molar-refractivity contribution is 6.33. The summed E-state index contributed by atoms with van der Waals surface area (Å²) in [5.74, 6) is 0.771. The summed E-state index contributed by atoms with van der Waals surface area (Å²) in [5.41, 5.74) is 4.52. The number of carbonyl (C=O) groups excluding carboxylic acids is 1. The van der Waals surface area contributed by atoms with E-state index < -0.39 is 5.41 Å². The minimum atomic E-state index is -0.511. The molecule has 0 amide bonds. The maximum atomic E-state index is 11.4. The predicted octanol–water partition coefficient (Wildman–Crippen LogP) is 7.54. The molecule has 0 aliphatic heterocycles. The fourth-order valence-corrected chi connectivity index (χ4v) is 3.87. The number of nitrogens with zero attached hydrogens (tertiary/aromatic N) is 1. The molecule has 4 rings (SSSR count). The molecule has 30 heavy (non-hydrogen) atoms. The molecule has 5 heteroatoms. The van der Waals surface area contributed by atoms with Gasteiger partial charge in [-0.1, -0.05) is 67.4 Å². The van der Waals surface area contributed by atoms with E-state index in [0.29, 0.717) is 22.2 Å². The molecule has 2 aromatic heterocycles. The second-order valence-corrected chi connectivity index (χ2v) is 9.00. The Labute approximate surface area is 185 Å².